The van der Waals surface area contributed by atoms with Crippen molar-refractivity contribution in [3.8, 4) is 11.5 Å². The lowest BCUT2D eigenvalue weighted by Crippen LogP contribution is -2.15. The largest absolute Gasteiger partial charge is 0.493 e. The van der Waals surface area contributed by atoms with Gasteiger partial charge in [0.1, 0.15) is 6.61 Å². The van der Waals surface area contributed by atoms with Crippen LogP contribution in [0.1, 0.15) is 11.1 Å². The highest BCUT2D eigenvalue weighted by molar-refractivity contribution is 9.10. The minimum absolute atomic E-state index is 0.402. The van der Waals surface area contributed by atoms with Gasteiger partial charge >= 0.3 is 0 Å². The number of nitrogens with zero attached hydrogens (tertiary/aromatic N) is 1. The van der Waals surface area contributed by atoms with E-state index < -0.39 is 10.0 Å². The average molecular weight is 413 g/mol. The molecule has 8 heteroatoms. The molecule has 0 amide bonds. The molecule has 0 fully saturated rings. The Labute approximate surface area is 149 Å². The van der Waals surface area contributed by atoms with Gasteiger partial charge in [-0.05, 0) is 39.2 Å². The van der Waals surface area contributed by atoms with Gasteiger partial charge in [0.05, 0.1) is 24.1 Å². The predicted octanol–water partition coefficient (Wildman–Crippen LogP) is 2.92. The van der Waals surface area contributed by atoms with E-state index in [-0.39, 0.29) is 0 Å². The summed E-state index contributed by atoms with van der Waals surface area (Å²) < 4.78 is 33.9. The Morgan fingerprint density at radius 2 is 1.96 bits per heavy atom. The zero-order valence-corrected chi connectivity index (χ0v) is 15.6. The minimum Gasteiger partial charge on any atom is -0.493 e. The third kappa shape index (κ3) is 5.54. The summed E-state index contributed by atoms with van der Waals surface area (Å²) in [4.78, 5) is 2.04. The number of hydrazone groups is 1. The normalized spacial score (nSPS) is 11.5. The van der Waals surface area contributed by atoms with Crippen molar-refractivity contribution >= 4 is 32.2 Å². The van der Waals surface area contributed by atoms with Crippen molar-refractivity contribution in [2.24, 2.45) is 5.10 Å². The fraction of sp³-hybridized carbons (Fsp3) is 0.188. The summed E-state index contributed by atoms with van der Waals surface area (Å²) in [5.41, 5.74) is 1.69. The second kappa shape index (κ2) is 8.16. The van der Waals surface area contributed by atoms with Crippen LogP contribution in [0.15, 0.2) is 52.0 Å². The minimum atomic E-state index is -3.38. The quantitative estimate of drug-likeness (QED) is 0.560. The lowest BCUT2D eigenvalue weighted by Gasteiger charge is -2.13. The summed E-state index contributed by atoms with van der Waals surface area (Å²) in [6.07, 6.45) is 2.41. The van der Waals surface area contributed by atoms with Crippen LogP contribution in [0.3, 0.4) is 0 Å². The summed E-state index contributed by atoms with van der Waals surface area (Å²) >= 11 is 3.44. The number of nitrogens with one attached hydrogen (secondary N) is 1. The Hall–Kier alpha value is -2.06. The maximum atomic E-state index is 11.0. The lowest BCUT2D eigenvalue weighted by molar-refractivity contribution is 0.282. The SMILES string of the molecule is COc1cc(/C=N\NS(C)(=O)=O)cc(Br)c1OCc1ccccc1. The van der Waals surface area contributed by atoms with Crippen LogP contribution in [0, 0.1) is 0 Å². The van der Waals surface area contributed by atoms with E-state index in [0.29, 0.717) is 28.1 Å². The molecule has 2 aromatic rings. The highest BCUT2D eigenvalue weighted by Gasteiger charge is 2.11. The molecule has 0 aliphatic rings. The molecule has 2 aromatic carbocycles. The molecule has 0 unspecified atom stereocenters. The van der Waals surface area contributed by atoms with Gasteiger partial charge in [-0.2, -0.15) is 5.10 Å². The maximum absolute atomic E-state index is 11.0. The zero-order valence-electron chi connectivity index (χ0n) is 13.2. The number of hydrogen-bond acceptors (Lipinski definition) is 5. The number of halogens is 1. The lowest BCUT2D eigenvalue weighted by atomic mass is 10.2. The van der Waals surface area contributed by atoms with Crippen LogP contribution >= 0.6 is 15.9 Å². The Morgan fingerprint density at radius 3 is 2.58 bits per heavy atom. The van der Waals surface area contributed by atoms with Crippen molar-refractivity contribution in [1.29, 1.82) is 0 Å². The summed E-state index contributed by atoms with van der Waals surface area (Å²) in [6.45, 7) is 0.402. The number of sulfonamides is 1. The molecule has 6 nitrogen and oxygen atoms in total. The van der Waals surface area contributed by atoms with Crippen molar-refractivity contribution in [1.82, 2.24) is 4.83 Å². The van der Waals surface area contributed by atoms with Gasteiger partial charge in [-0.1, -0.05) is 30.3 Å². The van der Waals surface area contributed by atoms with Crippen molar-refractivity contribution in [2.75, 3.05) is 13.4 Å². The molecular formula is C16H17BrN2O4S. The molecule has 128 valence electrons. The van der Waals surface area contributed by atoms with Crippen LogP contribution < -0.4 is 14.3 Å². The van der Waals surface area contributed by atoms with Gasteiger partial charge in [0.25, 0.3) is 0 Å². The molecule has 0 aromatic heterocycles. The Bertz CT molecular complexity index is 823. The number of benzene rings is 2. The van der Waals surface area contributed by atoms with E-state index in [0.717, 1.165) is 11.8 Å². The Morgan fingerprint density at radius 1 is 1.25 bits per heavy atom. The van der Waals surface area contributed by atoms with E-state index in [2.05, 4.69) is 21.0 Å². The molecule has 0 spiro atoms. The molecule has 24 heavy (non-hydrogen) atoms. The summed E-state index contributed by atoms with van der Waals surface area (Å²) in [7, 11) is -1.85. The van der Waals surface area contributed by atoms with E-state index in [9.17, 15) is 8.42 Å². The number of hydrogen-bond donors (Lipinski definition) is 1. The van der Waals surface area contributed by atoms with Gasteiger partial charge < -0.3 is 9.47 Å². The number of ether oxygens (including phenoxy) is 2. The van der Waals surface area contributed by atoms with E-state index in [1.165, 1.54) is 13.3 Å². The van der Waals surface area contributed by atoms with Crippen LogP contribution in [0.4, 0.5) is 0 Å². The molecule has 0 aliphatic carbocycles. The topological polar surface area (TPSA) is 77.0 Å². The van der Waals surface area contributed by atoms with Crippen LogP contribution in [-0.4, -0.2) is 28.0 Å². The summed E-state index contributed by atoms with van der Waals surface area (Å²) in [5, 5.41) is 3.67. The molecule has 0 heterocycles. The second-order valence-electron chi connectivity index (χ2n) is 4.93. The average Bonchev–Trinajstić information content (AvgIpc) is 2.53. The van der Waals surface area contributed by atoms with Crippen LogP contribution in [-0.2, 0) is 16.6 Å². The van der Waals surface area contributed by atoms with Crippen molar-refractivity contribution in [2.45, 2.75) is 6.61 Å². The molecule has 0 atom stereocenters. The van der Waals surface area contributed by atoms with Crippen molar-refractivity contribution in [3.63, 3.8) is 0 Å². The molecule has 0 saturated heterocycles. The third-order valence-electron chi connectivity index (χ3n) is 2.91. The summed E-state index contributed by atoms with van der Waals surface area (Å²) in [5.74, 6) is 1.08. The summed E-state index contributed by atoms with van der Waals surface area (Å²) in [6, 6.07) is 13.2. The van der Waals surface area contributed by atoms with Crippen molar-refractivity contribution < 1.29 is 17.9 Å². The second-order valence-corrected chi connectivity index (χ2v) is 7.51. The van der Waals surface area contributed by atoms with Gasteiger partial charge in [-0.15, -0.1) is 0 Å². The fourth-order valence-corrected chi connectivity index (χ4v) is 2.70. The van der Waals surface area contributed by atoms with Crippen LogP contribution in [0.5, 0.6) is 11.5 Å². The first-order valence-electron chi connectivity index (χ1n) is 6.93. The monoisotopic (exact) mass is 412 g/mol. The van der Waals surface area contributed by atoms with Gasteiger partial charge in [0, 0.05) is 0 Å². The van der Waals surface area contributed by atoms with Gasteiger partial charge in [-0.3, -0.25) is 0 Å². The van der Waals surface area contributed by atoms with E-state index in [1.54, 1.807) is 12.1 Å². The van der Waals surface area contributed by atoms with E-state index >= 15 is 0 Å². The number of methoxy groups -OCH3 is 1. The predicted molar refractivity (Wildman–Crippen MR) is 97.0 cm³/mol. The first kappa shape index (κ1) is 18.3. The molecular weight excluding hydrogens is 396 g/mol. The van der Waals surface area contributed by atoms with E-state index in [1.807, 2.05) is 35.2 Å². The highest BCUT2D eigenvalue weighted by atomic mass is 79.9. The van der Waals surface area contributed by atoms with Gasteiger partial charge in [0.15, 0.2) is 11.5 Å². The first-order valence-corrected chi connectivity index (χ1v) is 9.61. The number of rotatable bonds is 7. The molecule has 1 N–H and O–H groups in total. The molecule has 0 bridgehead atoms. The molecule has 0 saturated carbocycles. The van der Waals surface area contributed by atoms with E-state index in [4.69, 9.17) is 9.47 Å². The maximum Gasteiger partial charge on any atom is 0.244 e. The van der Waals surface area contributed by atoms with Crippen LogP contribution in [0.25, 0.3) is 0 Å². The first-order chi connectivity index (χ1) is 11.4. The zero-order chi connectivity index (χ0) is 17.6. The van der Waals surface area contributed by atoms with Crippen LogP contribution in [0.2, 0.25) is 0 Å². The smallest absolute Gasteiger partial charge is 0.244 e. The standard InChI is InChI=1S/C16H17BrN2O4S/c1-22-15-9-13(10-18-19-24(2,20)21)8-14(17)16(15)23-11-12-6-4-3-5-7-12/h3-10,19H,11H2,1-2H3/b18-10-. The molecule has 2 rings (SSSR count). The molecule has 0 radical (unpaired) electrons. The third-order valence-corrected chi connectivity index (χ3v) is 3.94. The van der Waals surface area contributed by atoms with Crippen molar-refractivity contribution in [3.05, 3.63) is 58.1 Å². The van der Waals surface area contributed by atoms with Gasteiger partial charge in [0.2, 0.25) is 10.0 Å². The Kier molecular flexibility index (Phi) is 6.22. The Balaban J connectivity index is 2.17. The molecule has 0 aliphatic heterocycles. The van der Waals surface area contributed by atoms with Gasteiger partial charge in [-0.25, -0.2) is 13.2 Å². The highest BCUT2D eigenvalue weighted by Crippen LogP contribution is 2.36. The fourth-order valence-electron chi connectivity index (χ4n) is 1.88.